The lowest BCUT2D eigenvalue weighted by atomic mass is 9.79. The molecule has 0 heterocycles. The molecule has 0 spiro atoms. The number of ether oxygens (including phenoxy) is 1. The summed E-state index contributed by atoms with van der Waals surface area (Å²) in [4.78, 5) is 2.43. The molecular formula is C14H27NO. The first-order chi connectivity index (χ1) is 7.45. The highest BCUT2D eigenvalue weighted by Gasteiger charge is 2.24. The Bertz CT molecular complexity index is 240. The van der Waals surface area contributed by atoms with Crippen LogP contribution in [0.25, 0.3) is 0 Å². The highest BCUT2D eigenvalue weighted by Crippen LogP contribution is 2.34. The van der Waals surface area contributed by atoms with E-state index >= 15 is 0 Å². The van der Waals surface area contributed by atoms with E-state index in [1.165, 1.54) is 19.3 Å². The monoisotopic (exact) mass is 225 g/mol. The van der Waals surface area contributed by atoms with E-state index in [0.29, 0.717) is 11.5 Å². The molecule has 0 N–H and O–H groups in total. The fourth-order valence-corrected chi connectivity index (χ4v) is 2.32. The number of likely N-dealkylation sites (N-methyl/N-ethyl adjacent to an activating group) is 1. The summed E-state index contributed by atoms with van der Waals surface area (Å²) in [5.41, 5.74) is 1.99. The highest BCUT2D eigenvalue weighted by molar-refractivity contribution is 5.14. The van der Waals surface area contributed by atoms with Crippen molar-refractivity contribution in [3.8, 4) is 0 Å². The van der Waals surface area contributed by atoms with Gasteiger partial charge in [0.15, 0.2) is 0 Å². The minimum absolute atomic E-state index is 0.357. The molecule has 0 amide bonds. The molecule has 0 fully saturated rings. The topological polar surface area (TPSA) is 12.5 Å². The predicted octanol–water partition coefficient (Wildman–Crippen LogP) is 3.09. The molecule has 0 bridgehead atoms. The Morgan fingerprint density at radius 3 is 2.56 bits per heavy atom. The number of allylic oxidation sites excluding steroid dienone is 1. The van der Waals surface area contributed by atoms with E-state index in [4.69, 9.17) is 4.74 Å². The number of hydrogen-bond acceptors (Lipinski definition) is 2. The van der Waals surface area contributed by atoms with Crippen LogP contribution in [0.1, 0.15) is 40.0 Å². The molecule has 2 nitrogen and oxygen atoms in total. The summed E-state index contributed by atoms with van der Waals surface area (Å²) in [5, 5.41) is 0. The Labute approximate surface area is 101 Å². The van der Waals surface area contributed by atoms with Crippen molar-refractivity contribution in [2.45, 2.75) is 46.1 Å². The van der Waals surface area contributed by atoms with Crippen LogP contribution in [-0.4, -0.2) is 38.3 Å². The van der Waals surface area contributed by atoms with Crippen LogP contribution >= 0.6 is 0 Å². The van der Waals surface area contributed by atoms with Crippen molar-refractivity contribution in [3.63, 3.8) is 0 Å². The molecule has 0 aliphatic heterocycles. The van der Waals surface area contributed by atoms with Crippen LogP contribution in [0, 0.1) is 5.41 Å². The second kappa shape index (κ2) is 5.83. The second-order valence-corrected chi connectivity index (χ2v) is 5.88. The maximum atomic E-state index is 5.12. The van der Waals surface area contributed by atoms with Crippen LogP contribution in [0.5, 0.6) is 0 Å². The fraction of sp³-hybridized carbons (Fsp3) is 0.857. The molecule has 0 radical (unpaired) electrons. The van der Waals surface area contributed by atoms with Crippen molar-refractivity contribution < 1.29 is 4.74 Å². The molecule has 16 heavy (non-hydrogen) atoms. The van der Waals surface area contributed by atoms with Gasteiger partial charge in [0, 0.05) is 19.7 Å². The van der Waals surface area contributed by atoms with Gasteiger partial charge in [0.2, 0.25) is 0 Å². The van der Waals surface area contributed by atoms with Gasteiger partial charge in [0.25, 0.3) is 0 Å². The Hall–Kier alpha value is -0.340. The molecule has 0 aromatic heterocycles. The van der Waals surface area contributed by atoms with Gasteiger partial charge in [-0.05, 0) is 31.7 Å². The minimum Gasteiger partial charge on any atom is -0.383 e. The minimum atomic E-state index is 0.357. The van der Waals surface area contributed by atoms with Gasteiger partial charge >= 0.3 is 0 Å². The summed E-state index contributed by atoms with van der Waals surface area (Å²) in [6.07, 6.45) is 6.21. The molecule has 2 heteroatoms. The Balaban J connectivity index is 2.44. The summed E-state index contributed by atoms with van der Waals surface area (Å²) in [6, 6.07) is 0.709. The molecule has 0 unspecified atom stereocenters. The van der Waals surface area contributed by atoms with Crippen LogP contribution in [0.2, 0.25) is 0 Å². The normalized spacial score (nSPS) is 22.4. The van der Waals surface area contributed by atoms with Gasteiger partial charge in [-0.3, -0.25) is 0 Å². The molecular weight excluding hydrogens is 198 g/mol. The maximum absolute atomic E-state index is 5.12. The molecule has 0 saturated carbocycles. The molecule has 0 aromatic rings. The molecule has 1 rings (SSSR count). The van der Waals surface area contributed by atoms with E-state index in [9.17, 15) is 0 Å². The van der Waals surface area contributed by atoms with E-state index < -0.39 is 0 Å². The van der Waals surface area contributed by atoms with Crippen molar-refractivity contribution in [1.82, 2.24) is 4.90 Å². The summed E-state index contributed by atoms with van der Waals surface area (Å²) in [6.45, 7) is 8.82. The van der Waals surface area contributed by atoms with Gasteiger partial charge in [-0.25, -0.2) is 0 Å². The average Bonchev–Trinajstić information content (AvgIpc) is 2.25. The van der Waals surface area contributed by atoms with Gasteiger partial charge in [0.05, 0.1) is 6.61 Å². The van der Waals surface area contributed by atoms with Gasteiger partial charge in [-0.15, -0.1) is 0 Å². The maximum Gasteiger partial charge on any atom is 0.0589 e. The molecule has 1 aliphatic carbocycles. The van der Waals surface area contributed by atoms with E-state index in [-0.39, 0.29) is 0 Å². The largest absolute Gasteiger partial charge is 0.383 e. The van der Waals surface area contributed by atoms with Crippen molar-refractivity contribution in [2.75, 3.05) is 27.3 Å². The average molecular weight is 225 g/mol. The third-order valence-corrected chi connectivity index (χ3v) is 3.62. The standard InChI is InChI=1S/C14H27NO/c1-14(2,3)12-6-8-13(9-7-12)15(4)10-11-16-5/h6,13H,7-11H2,1-5H3/t13-/m1/s1. The number of hydrogen-bond donors (Lipinski definition) is 0. The smallest absolute Gasteiger partial charge is 0.0589 e. The quantitative estimate of drug-likeness (QED) is 0.682. The molecule has 1 atom stereocenters. The van der Waals surface area contributed by atoms with E-state index in [1.807, 2.05) is 0 Å². The van der Waals surface area contributed by atoms with Gasteiger partial charge in [-0.1, -0.05) is 32.4 Å². The summed E-state index contributed by atoms with van der Waals surface area (Å²) >= 11 is 0. The fourth-order valence-electron chi connectivity index (χ4n) is 2.32. The van der Waals surface area contributed by atoms with Gasteiger partial charge in [-0.2, -0.15) is 0 Å². The summed E-state index contributed by atoms with van der Waals surface area (Å²) in [5.74, 6) is 0. The zero-order valence-corrected chi connectivity index (χ0v) is 11.5. The lowest BCUT2D eigenvalue weighted by Crippen LogP contribution is -2.36. The first-order valence-corrected chi connectivity index (χ1v) is 6.34. The van der Waals surface area contributed by atoms with Gasteiger partial charge < -0.3 is 9.64 Å². The molecule has 94 valence electrons. The summed E-state index contributed by atoms with van der Waals surface area (Å²) in [7, 11) is 3.98. The Morgan fingerprint density at radius 1 is 1.44 bits per heavy atom. The van der Waals surface area contributed by atoms with Crippen LogP contribution < -0.4 is 0 Å². The third-order valence-electron chi connectivity index (χ3n) is 3.62. The van der Waals surface area contributed by atoms with Crippen LogP contribution in [0.15, 0.2) is 11.6 Å². The van der Waals surface area contributed by atoms with Crippen molar-refractivity contribution in [1.29, 1.82) is 0 Å². The first kappa shape index (κ1) is 13.7. The lowest BCUT2D eigenvalue weighted by molar-refractivity contribution is 0.133. The van der Waals surface area contributed by atoms with Crippen LogP contribution in [0.3, 0.4) is 0 Å². The highest BCUT2D eigenvalue weighted by atomic mass is 16.5. The number of nitrogens with zero attached hydrogens (tertiary/aromatic N) is 1. The molecule has 0 aromatic carbocycles. The Kier molecular flexibility index (Phi) is 5.00. The van der Waals surface area contributed by atoms with Crippen LogP contribution in [-0.2, 0) is 4.74 Å². The summed E-state index contributed by atoms with van der Waals surface area (Å²) < 4.78 is 5.12. The van der Waals surface area contributed by atoms with Crippen molar-refractivity contribution >= 4 is 0 Å². The van der Waals surface area contributed by atoms with Gasteiger partial charge in [0.1, 0.15) is 0 Å². The first-order valence-electron chi connectivity index (χ1n) is 6.34. The number of methoxy groups -OCH3 is 1. The zero-order chi connectivity index (χ0) is 12.2. The second-order valence-electron chi connectivity index (χ2n) is 5.88. The van der Waals surface area contributed by atoms with E-state index in [0.717, 1.165) is 13.2 Å². The third kappa shape index (κ3) is 3.91. The number of rotatable bonds is 4. The lowest BCUT2D eigenvalue weighted by Gasteiger charge is -2.34. The molecule has 0 saturated heterocycles. The van der Waals surface area contributed by atoms with Crippen molar-refractivity contribution in [2.24, 2.45) is 5.41 Å². The van der Waals surface area contributed by atoms with Crippen molar-refractivity contribution in [3.05, 3.63) is 11.6 Å². The van der Waals surface area contributed by atoms with Crippen LogP contribution in [0.4, 0.5) is 0 Å². The van der Waals surface area contributed by atoms with E-state index in [1.54, 1.807) is 12.7 Å². The molecule has 1 aliphatic rings. The zero-order valence-electron chi connectivity index (χ0n) is 11.5. The predicted molar refractivity (Wildman–Crippen MR) is 69.7 cm³/mol. The van der Waals surface area contributed by atoms with E-state index in [2.05, 4.69) is 38.8 Å². The SMILES string of the molecule is COCCN(C)[C@@H]1CC=C(C(C)(C)C)CC1. The Morgan fingerprint density at radius 2 is 2.12 bits per heavy atom.